The molecule has 2 aromatic heterocycles. The molecule has 2 heterocycles. The van der Waals surface area contributed by atoms with Crippen LogP contribution in [0, 0.1) is 5.41 Å². The SMILES string of the molecule is Cn1c(=N)c(-c2ccccc2)cc2cnc(N)nc21. The second kappa shape index (κ2) is 4.20. The molecular formula is C14H13N5. The number of anilines is 1. The fourth-order valence-electron chi connectivity index (χ4n) is 2.11. The van der Waals surface area contributed by atoms with E-state index >= 15 is 0 Å². The van der Waals surface area contributed by atoms with Crippen molar-refractivity contribution in [1.29, 1.82) is 5.41 Å². The first-order valence-electron chi connectivity index (χ1n) is 5.89. The molecule has 0 spiro atoms. The maximum Gasteiger partial charge on any atom is 0.221 e. The molecule has 0 atom stereocenters. The van der Waals surface area contributed by atoms with E-state index in [0.29, 0.717) is 11.1 Å². The Morgan fingerprint density at radius 3 is 2.68 bits per heavy atom. The van der Waals surface area contributed by atoms with E-state index in [1.807, 2.05) is 43.4 Å². The van der Waals surface area contributed by atoms with Crippen LogP contribution in [-0.2, 0) is 7.05 Å². The standard InChI is InChI=1S/C14H13N5/c1-19-12(15)11(9-5-3-2-4-6-9)7-10-8-17-14(16)18-13(10)19/h2-8,15H,1H3,(H2,16,17,18). The molecule has 0 amide bonds. The largest absolute Gasteiger partial charge is 0.368 e. The van der Waals surface area contributed by atoms with Crippen molar-refractivity contribution in [2.45, 2.75) is 0 Å². The highest BCUT2D eigenvalue weighted by atomic mass is 15.1. The number of benzene rings is 1. The van der Waals surface area contributed by atoms with Crippen LogP contribution in [0.1, 0.15) is 0 Å². The molecule has 94 valence electrons. The number of aryl methyl sites for hydroxylation is 1. The van der Waals surface area contributed by atoms with E-state index in [-0.39, 0.29) is 5.95 Å². The molecule has 5 heteroatoms. The normalized spacial score (nSPS) is 10.8. The molecule has 3 rings (SSSR count). The minimum atomic E-state index is 0.218. The molecule has 0 bridgehead atoms. The second-order valence-electron chi connectivity index (χ2n) is 4.34. The minimum Gasteiger partial charge on any atom is -0.368 e. The maximum atomic E-state index is 8.25. The van der Waals surface area contributed by atoms with Gasteiger partial charge >= 0.3 is 0 Å². The van der Waals surface area contributed by atoms with E-state index < -0.39 is 0 Å². The zero-order valence-corrected chi connectivity index (χ0v) is 10.5. The van der Waals surface area contributed by atoms with Gasteiger partial charge in [-0.15, -0.1) is 0 Å². The number of nitrogen functional groups attached to an aromatic ring is 1. The average molecular weight is 251 g/mol. The van der Waals surface area contributed by atoms with Crippen LogP contribution in [0.3, 0.4) is 0 Å². The Balaban J connectivity index is 2.37. The predicted molar refractivity (Wildman–Crippen MR) is 74.2 cm³/mol. The molecule has 0 aliphatic rings. The summed E-state index contributed by atoms with van der Waals surface area (Å²) in [5.41, 5.74) is 8.51. The van der Waals surface area contributed by atoms with Crippen LogP contribution in [0.2, 0.25) is 0 Å². The van der Waals surface area contributed by atoms with Gasteiger partial charge in [0.25, 0.3) is 0 Å². The average Bonchev–Trinajstić information content (AvgIpc) is 2.44. The predicted octanol–water partition coefficient (Wildman–Crippen LogP) is 1.70. The summed E-state index contributed by atoms with van der Waals surface area (Å²) in [5, 5.41) is 9.11. The first-order chi connectivity index (χ1) is 9.16. The van der Waals surface area contributed by atoms with E-state index in [2.05, 4.69) is 9.97 Å². The van der Waals surface area contributed by atoms with Gasteiger partial charge in [-0.3, -0.25) is 5.41 Å². The molecule has 0 aliphatic heterocycles. The molecule has 0 fully saturated rings. The van der Waals surface area contributed by atoms with Crippen molar-refractivity contribution in [3.63, 3.8) is 0 Å². The van der Waals surface area contributed by atoms with Gasteiger partial charge in [-0.1, -0.05) is 30.3 Å². The first-order valence-corrected chi connectivity index (χ1v) is 5.89. The Labute approximate surface area is 109 Å². The highest BCUT2D eigenvalue weighted by molar-refractivity contribution is 5.81. The Bertz CT molecular complexity index is 805. The molecule has 0 unspecified atom stereocenters. The van der Waals surface area contributed by atoms with Crippen molar-refractivity contribution in [3.8, 4) is 11.1 Å². The number of fused-ring (bicyclic) bond motifs is 1. The molecule has 3 N–H and O–H groups in total. The van der Waals surface area contributed by atoms with Crippen molar-refractivity contribution in [2.75, 3.05) is 5.73 Å². The molecular weight excluding hydrogens is 238 g/mol. The zero-order chi connectivity index (χ0) is 13.4. The van der Waals surface area contributed by atoms with Crippen molar-refractivity contribution in [2.24, 2.45) is 7.05 Å². The smallest absolute Gasteiger partial charge is 0.221 e. The lowest BCUT2D eigenvalue weighted by Gasteiger charge is -2.10. The van der Waals surface area contributed by atoms with Gasteiger partial charge in [0.15, 0.2) is 0 Å². The number of pyridine rings is 1. The molecule has 0 saturated heterocycles. The van der Waals surface area contributed by atoms with Crippen molar-refractivity contribution in [1.82, 2.24) is 14.5 Å². The van der Waals surface area contributed by atoms with Crippen molar-refractivity contribution in [3.05, 3.63) is 48.1 Å². The topological polar surface area (TPSA) is 80.6 Å². The Morgan fingerprint density at radius 1 is 1.21 bits per heavy atom. The maximum absolute atomic E-state index is 8.25. The number of hydrogen-bond donors (Lipinski definition) is 2. The monoisotopic (exact) mass is 251 g/mol. The molecule has 0 saturated carbocycles. The van der Waals surface area contributed by atoms with Crippen LogP contribution >= 0.6 is 0 Å². The summed E-state index contributed by atoms with van der Waals surface area (Å²) in [7, 11) is 1.81. The lowest BCUT2D eigenvalue weighted by Crippen LogP contribution is -2.20. The fourth-order valence-corrected chi connectivity index (χ4v) is 2.11. The number of nitrogens with one attached hydrogen (secondary N) is 1. The fraction of sp³-hybridized carbons (Fsp3) is 0.0714. The summed E-state index contributed by atoms with van der Waals surface area (Å²) in [6.45, 7) is 0. The van der Waals surface area contributed by atoms with Gasteiger partial charge < -0.3 is 10.3 Å². The van der Waals surface area contributed by atoms with Gasteiger partial charge in [-0.05, 0) is 11.6 Å². The Kier molecular flexibility index (Phi) is 2.52. The van der Waals surface area contributed by atoms with Gasteiger partial charge in [0.2, 0.25) is 5.95 Å². The summed E-state index contributed by atoms with van der Waals surface area (Å²) < 4.78 is 1.72. The number of nitrogens with two attached hydrogens (primary N) is 1. The van der Waals surface area contributed by atoms with E-state index in [9.17, 15) is 0 Å². The van der Waals surface area contributed by atoms with E-state index in [1.165, 1.54) is 0 Å². The molecule has 0 radical (unpaired) electrons. The van der Waals surface area contributed by atoms with E-state index in [4.69, 9.17) is 11.1 Å². The lowest BCUT2D eigenvalue weighted by molar-refractivity contribution is 0.844. The van der Waals surface area contributed by atoms with E-state index in [1.54, 1.807) is 10.8 Å². The van der Waals surface area contributed by atoms with Gasteiger partial charge in [0.1, 0.15) is 11.1 Å². The van der Waals surface area contributed by atoms with Crippen LogP contribution < -0.4 is 11.2 Å². The van der Waals surface area contributed by atoms with Crippen LogP contribution in [0.4, 0.5) is 5.95 Å². The van der Waals surface area contributed by atoms with Crippen LogP contribution in [0.15, 0.2) is 42.6 Å². The van der Waals surface area contributed by atoms with Gasteiger partial charge in [-0.2, -0.15) is 4.98 Å². The summed E-state index contributed by atoms with van der Waals surface area (Å²) in [6, 6.07) is 11.8. The number of hydrogen-bond acceptors (Lipinski definition) is 4. The summed E-state index contributed by atoms with van der Waals surface area (Å²) >= 11 is 0. The lowest BCUT2D eigenvalue weighted by atomic mass is 10.1. The van der Waals surface area contributed by atoms with E-state index in [0.717, 1.165) is 16.5 Å². The number of aromatic nitrogens is 3. The van der Waals surface area contributed by atoms with Gasteiger partial charge in [-0.25, -0.2) is 4.98 Å². The van der Waals surface area contributed by atoms with Crippen LogP contribution in [-0.4, -0.2) is 14.5 Å². The first kappa shape index (κ1) is 11.4. The molecule has 5 nitrogen and oxygen atoms in total. The van der Waals surface area contributed by atoms with Crippen LogP contribution in [0.25, 0.3) is 22.2 Å². The molecule has 3 aromatic rings. The van der Waals surface area contributed by atoms with Crippen LogP contribution in [0.5, 0.6) is 0 Å². The molecule has 19 heavy (non-hydrogen) atoms. The second-order valence-corrected chi connectivity index (χ2v) is 4.34. The van der Waals surface area contributed by atoms with Gasteiger partial charge in [0.05, 0.1) is 0 Å². The van der Waals surface area contributed by atoms with Gasteiger partial charge in [0, 0.05) is 24.2 Å². The van der Waals surface area contributed by atoms with Crippen molar-refractivity contribution < 1.29 is 0 Å². The Morgan fingerprint density at radius 2 is 1.95 bits per heavy atom. The third-order valence-electron chi connectivity index (χ3n) is 3.11. The Hall–Kier alpha value is -2.69. The summed E-state index contributed by atoms with van der Waals surface area (Å²) in [5.74, 6) is 0.218. The zero-order valence-electron chi connectivity index (χ0n) is 10.5. The molecule has 1 aromatic carbocycles. The van der Waals surface area contributed by atoms with Crippen molar-refractivity contribution >= 4 is 17.0 Å². The third-order valence-corrected chi connectivity index (χ3v) is 3.11. The number of nitrogens with zero attached hydrogens (tertiary/aromatic N) is 3. The molecule has 0 aliphatic carbocycles. The summed E-state index contributed by atoms with van der Waals surface area (Å²) in [6.07, 6.45) is 1.68. The highest BCUT2D eigenvalue weighted by Gasteiger charge is 2.07. The third kappa shape index (κ3) is 1.85. The number of rotatable bonds is 1. The minimum absolute atomic E-state index is 0.218. The quantitative estimate of drug-likeness (QED) is 0.690. The summed E-state index contributed by atoms with van der Waals surface area (Å²) in [4.78, 5) is 8.19. The highest BCUT2D eigenvalue weighted by Crippen LogP contribution is 2.19.